The molecule has 0 bridgehead atoms. The van der Waals surface area contributed by atoms with Crippen LogP contribution < -0.4 is 5.43 Å². The lowest BCUT2D eigenvalue weighted by Crippen LogP contribution is -2.03. The van der Waals surface area contributed by atoms with Gasteiger partial charge in [0, 0.05) is 11.6 Å². The zero-order valence-electron chi connectivity index (χ0n) is 14.8. The van der Waals surface area contributed by atoms with Crippen molar-refractivity contribution in [2.45, 2.75) is 27.2 Å². The molecule has 3 aromatic rings. The molecule has 126 valence electrons. The molecule has 1 aromatic heterocycles. The van der Waals surface area contributed by atoms with Gasteiger partial charge in [0.2, 0.25) is 0 Å². The topological polar surface area (TPSA) is 50.2 Å². The second-order valence-corrected chi connectivity index (χ2v) is 5.91. The van der Waals surface area contributed by atoms with Gasteiger partial charge in [0.05, 0.1) is 11.4 Å². The highest BCUT2D eigenvalue weighted by atomic mass is 15.3. The molecule has 0 saturated carbocycles. The van der Waals surface area contributed by atoms with Gasteiger partial charge in [-0.2, -0.15) is 5.10 Å². The van der Waals surface area contributed by atoms with Gasteiger partial charge < -0.3 is 0 Å². The number of anilines is 1. The third-order valence-corrected chi connectivity index (χ3v) is 4.03. The van der Waals surface area contributed by atoms with Crippen molar-refractivity contribution in [3.05, 3.63) is 77.6 Å². The normalized spacial score (nSPS) is 11.4. The van der Waals surface area contributed by atoms with Crippen LogP contribution >= 0.6 is 0 Å². The monoisotopic (exact) mass is 330 g/mol. The number of hydrogen-bond acceptors (Lipinski definition) is 4. The van der Waals surface area contributed by atoms with Crippen LogP contribution in [0.25, 0.3) is 11.3 Å². The molecule has 2 aromatic carbocycles. The summed E-state index contributed by atoms with van der Waals surface area (Å²) < 4.78 is 0. The van der Waals surface area contributed by atoms with Gasteiger partial charge >= 0.3 is 0 Å². The lowest BCUT2D eigenvalue weighted by molar-refractivity contribution is 1.05. The highest BCUT2D eigenvalue weighted by Crippen LogP contribution is 2.19. The van der Waals surface area contributed by atoms with Crippen LogP contribution in [0.15, 0.2) is 65.8 Å². The van der Waals surface area contributed by atoms with E-state index < -0.39 is 0 Å². The number of aromatic nitrogens is 2. The number of benzene rings is 2. The summed E-state index contributed by atoms with van der Waals surface area (Å²) in [7, 11) is 0. The second kappa shape index (κ2) is 7.71. The van der Waals surface area contributed by atoms with E-state index in [0.29, 0.717) is 11.6 Å². The molecular formula is C21H22N4. The van der Waals surface area contributed by atoms with E-state index in [-0.39, 0.29) is 0 Å². The molecule has 0 atom stereocenters. The van der Waals surface area contributed by atoms with Gasteiger partial charge in [-0.15, -0.1) is 0 Å². The summed E-state index contributed by atoms with van der Waals surface area (Å²) in [6.07, 6.45) is 1.04. The van der Waals surface area contributed by atoms with Crippen molar-refractivity contribution in [3.63, 3.8) is 0 Å². The molecule has 0 spiro atoms. The summed E-state index contributed by atoms with van der Waals surface area (Å²) in [5.74, 6) is 1.40. The van der Waals surface area contributed by atoms with Crippen LogP contribution in [0.4, 0.5) is 5.82 Å². The molecule has 1 heterocycles. The largest absolute Gasteiger partial charge is 0.261 e. The lowest BCUT2D eigenvalue weighted by Gasteiger charge is -2.07. The van der Waals surface area contributed by atoms with Gasteiger partial charge in [-0.1, -0.05) is 61.5 Å². The smallest absolute Gasteiger partial charge is 0.150 e. The Bertz CT molecular complexity index is 868. The Hall–Kier alpha value is -3.01. The maximum atomic E-state index is 4.51. The number of rotatable bonds is 5. The molecule has 0 aliphatic heterocycles. The summed E-state index contributed by atoms with van der Waals surface area (Å²) in [5, 5.41) is 4.47. The number of hydrogen-bond donors (Lipinski definition) is 1. The molecule has 0 radical (unpaired) electrons. The number of hydrazone groups is 1. The van der Waals surface area contributed by atoms with Crippen LogP contribution in [0.3, 0.4) is 0 Å². The first-order chi connectivity index (χ1) is 12.2. The summed E-state index contributed by atoms with van der Waals surface area (Å²) in [6, 6.07) is 20.5. The molecule has 1 N–H and O–H groups in total. The van der Waals surface area contributed by atoms with Crippen LogP contribution in [0, 0.1) is 6.92 Å². The van der Waals surface area contributed by atoms with Crippen molar-refractivity contribution in [2.24, 2.45) is 5.10 Å². The van der Waals surface area contributed by atoms with Crippen molar-refractivity contribution < 1.29 is 0 Å². The van der Waals surface area contributed by atoms with Crippen molar-refractivity contribution >= 4 is 11.5 Å². The fourth-order valence-corrected chi connectivity index (χ4v) is 2.57. The highest BCUT2D eigenvalue weighted by Gasteiger charge is 2.04. The molecule has 0 unspecified atom stereocenters. The van der Waals surface area contributed by atoms with Crippen LogP contribution in [-0.2, 0) is 6.42 Å². The summed E-state index contributed by atoms with van der Waals surface area (Å²) in [5.41, 5.74) is 8.34. The van der Waals surface area contributed by atoms with Gasteiger partial charge in [0.1, 0.15) is 11.6 Å². The Morgan fingerprint density at radius 1 is 1.00 bits per heavy atom. The second-order valence-electron chi connectivity index (χ2n) is 5.91. The first-order valence-corrected chi connectivity index (χ1v) is 8.46. The average Bonchev–Trinajstić information content (AvgIpc) is 2.66. The molecule has 3 rings (SSSR count). The zero-order chi connectivity index (χ0) is 17.6. The molecule has 0 aliphatic rings. The Kier molecular flexibility index (Phi) is 5.19. The minimum atomic E-state index is 0.691. The van der Waals surface area contributed by atoms with E-state index in [2.05, 4.69) is 51.7 Å². The predicted octanol–water partition coefficient (Wildman–Crippen LogP) is 4.85. The quantitative estimate of drug-likeness (QED) is 0.537. The summed E-state index contributed by atoms with van der Waals surface area (Å²) in [4.78, 5) is 8.93. The molecule has 0 saturated heterocycles. The van der Waals surface area contributed by atoms with Crippen molar-refractivity contribution in [1.29, 1.82) is 0 Å². The van der Waals surface area contributed by atoms with Crippen LogP contribution in [0.5, 0.6) is 0 Å². The van der Waals surface area contributed by atoms with Gasteiger partial charge in [0.25, 0.3) is 0 Å². The number of nitrogens with one attached hydrogen (secondary N) is 1. The Morgan fingerprint density at radius 2 is 1.72 bits per heavy atom. The first kappa shape index (κ1) is 16.8. The average molecular weight is 330 g/mol. The Labute approximate surface area is 148 Å². The molecule has 0 amide bonds. The minimum absolute atomic E-state index is 0.691. The minimum Gasteiger partial charge on any atom is -0.261 e. The summed E-state index contributed by atoms with van der Waals surface area (Å²) >= 11 is 0. The van der Waals surface area contributed by atoms with Crippen molar-refractivity contribution in [3.8, 4) is 11.3 Å². The van der Waals surface area contributed by atoms with E-state index in [1.807, 2.05) is 50.2 Å². The molecule has 0 fully saturated rings. The zero-order valence-corrected chi connectivity index (χ0v) is 14.8. The van der Waals surface area contributed by atoms with Crippen molar-refractivity contribution in [2.75, 3.05) is 5.43 Å². The lowest BCUT2D eigenvalue weighted by atomic mass is 10.1. The highest BCUT2D eigenvalue weighted by molar-refractivity contribution is 5.99. The van der Waals surface area contributed by atoms with Crippen LogP contribution in [0.1, 0.15) is 30.8 Å². The Morgan fingerprint density at radius 3 is 2.40 bits per heavy atom. The molecule has 0 aliphatic carbocycles. The van der Waals surface area contributed by atoms with E-state index in [4.69, 9.17) is 0 Å². The van der Waals surface area contributed by atoms with Gasteiger partial charge in [-0.05, 0) is 31.4 Å². The Balaban J connectivity index is 1.81. The molecular weight excluding hydrogens is 308 g/mol. The van der Waals surface area contributed by atoms with Gasteiger partial charge in [0.15, 0.2) is 0 Å². The van der Waals surface area contributed by atoms with E-state index in [9.17, 15) is 0 Å². The summed E-state index contributed by atoms with van der Waals surface area (Å²) in [6.45, 7) is 6.02. The van der Waals surface area contributed by atoms with E-state index in [1.54, 1.807) is 0 Å². The molecule has 4 heteroatoms. The van der Waals surface area contributed by atoms with Gasteiger partial charge in [-0.3, -0.25) is 5.43 Å². The van der Waals surface area contributed by atoms with Crippen LogP contribution in [0.2, 0.25) is 0 Å². The number of aryl methyl sites for hydroxylation is 2. The predicted molar refractivity (Wildman–Crippen MR) is 104 cm³/mol. The standard InChI is InChI=1S/C21H22N4/c1-4-17-10-12-18(13-11-17)15(2)24-25-21-14-20(22-16(3)23-21)19-8-6-5-7-9-19/h5-14H,4H2,1-3H3,(H,22,23,25)/b24-15+. The fraction of sp³-hybridized carbons (Fsp3) is 0.190. The third-order valence-electron chi connectivity index (χ3n) is 4.03. The maximum Gasteiger partial charge on any atom is 0.150 e. The van der Waals surface area contributed by atoms with E-state index >= 15 is 0 Å². The first-order valence-electron chi connectivity index (χ1n) is 8.46. The fourth-order valence-electron chi connectivity index (χ4n) is 2.57. The maximum absolute atomic E-state index is 4.51. The van der Waals surface area contributed by atoms with E-state index in [1.165, 1.54) is 5.56 Å². The third kappa shape index (κ3) is 4.29. The number of nitrogens with zero attached hydrogens (tertiary/aromatic N) is 3. The molecule has 25 heavy (non-hydrogen) atoms. The molecule has 4 nitrogen and oxygen atoms in total. The van der Waals surface area contributed by atoms with Crippen molar-refractivity contribution in [1.82, 2.24) is 9.97 Å². The SMILES string of the molecule is CCc1ccc(/C(C)=N/Nc2cc(-c3ccccc3)nc(C)n2)cc1. The van der Waals surface area contributed by atoms with E-state index in [0.717, 1.165) is 29.0 Å². The van der Waals surface area contributed by atoms with Gasteiger partial charge in [-0.25, -0.2) is 9.97 Å². The van der Waals surface area contributed by atoms with Crippen LogP contribution in [-0.4, -0.2) is 15.7 Å².